The van der Waals surface area contributed by atoms with Crippen LogP contribution in [0.5, 0.6) is 0 Å². The summed E-state index contributed by atoms with van der Waals surface area (Å²) in [7, 11) is 1.57. The van der Waals surface area contributed by atoms with Gasteiger partial charge in [-0.1, -0.05) is 18.2 Å². The molecule has 0 unspecified atom stereocenters. The lowest BCUT2D eigenvalue weighted by molar-refractivity contribution is -0.120. The van der Waals surface area contributed by atoms with Gasteiger partial charge in [-0.15, -0.1) is 23.1 Å². The number of thiophene rings is 1. The highest BCUT2D eigenvalue weighted by Gasteiger charge is 2.12. The molecule has 0 bridgehead atoms. The molecule has 0 saturated carbocycles. The maximum atomic E-state index is 12.3. The van der Waals surface area contributed by atoms with Gasteiger partial charge in [-0.2, -0.15) is 0 Å². The van der Waals surface area contributed by atoms with E-state index in [0.717, 1.165) is 10.6 Å². The first-order valence-electron chi connectivity index (χ1n) is 7.48. The molecule has 0 spiro atoms. The van der Waals surface area contributed by atoms with E-state index in [4.69, 9.17) is 4.74 Å². The molecule has 0 aliphatic carbocycles. The second-order valence-electron chi connectivity index (χ2n) is 4.89. The van der Waals surface area contributed by atoms with E-state index in [2.05, 4.69) is 16.7 Å². The molecule has 2 aromatic rings. The van der Waals surface area contributed by atoms with Crippen molar-refractivity contribution in [3.63, 3.8) is 0 Å². The molecule has 1 aromatic carbocycles. The highest BCUT2D eigenvalue weighted by Crippen LogP contribution is 2.27. The average molecular weight is 364 g/mol. The Kier molecular flexibility index (Phi) is 7.81. The van der Waals surface area contributed by atoms with E-state index in [1.807, 2.05) is 29.6 Å². The van der Waals surface area contributed by atoms with Crippen LogP contribution >= 0.6 is 23.1 Å². The number of benzene rings is 1. The minimum absolute atomic E-state index is 0.0491. The first-order valence-corrected chi connectivity index (χ1v) is 9.35. The van der Waals surface area contributed by atoms with Gasteiger partial charge < -0.3 is 15.4 Å². The van der Waals surface area contributed by atoms with Crippen LogP contribution in [0.25, 0.3) is 0 Å². The van der Waals surface area contributed by atoms with Gasteiger partial charge in [0.05, 0.1) is 18.7 Å². The molecule has 2 amide bonds. The number of ether oxygens (including phenoxy) is 1. The number of hydrogen-bond acceptors (Lipinski definition) is 5. The summed E-state index contributed by atoms with van der Waals surface area (Å²) < 4.78 is 4.86. The summed E-state index contributed by atoms with van der Waals surface area (Å²) in [6.45, 7) is 0.826. The van der Waals surface area contributed by atoms with E-state index in [0.29, 0.717) is 18.7 Å². The Morgan fingerprint density at radius 3 is 2.75 bits per heavy atom. The van der Waals surface area contributed by atoms with Gasteiger partial charge in [0.2, 0.25) is 5.91 Å². The van der Waals surface area contributed by atoms with Crippen molar-refractivity contribution < 1.29 is 14.3 Å². The third kappa shape index (κ3) is 5.99. The smallest absolute Gasteiger partial charge is 0.252 e. The zero-order chi connectivity index (χ0) is 17.2. The number of hydrogen-bond donors (Lipinski definition) is 2. The van der Waals surface area contributed by atoms with Crippen LogP contribution in [-0.4, -0.2) is 38.6 Å². The fourth-order valence-electron chi connectivity index (χ4n) is 1.93. The zero-order valence-corrected chi connectivity index (χ0v) is 15.0. The fourth-order valence-corrected chi connectivity index (χ4v) is 3.76. The largest absolute Gasteiger partial charge is 0.383 e. The quantitative estimate of drug-likeness (QED) is 0.530. The van der Waals surface area contributed by atoms with Gasteiger partial charge in [0, 0.05) is 29.2 Å². The zero-order valence-electron chi connectivity index (χ0n) is 13.4. The van der Waals surface area contributed by atoms with Gasteiger partial charge in [-0.3, -0.25) is 9.59 Å². The number of rotatable bonds is 9. The van der Waals surface area contributed by atoms with E-state index in [1.165, 1.54) is 4.88 Å². The molecule has 1 heterocycles. The lowest BCUT2D eigenvalue weighted by Gasteiger charge is -2.10. The number of nitrogens with one attached hydrogen (secondary N) is 2. The molecule has 0 fully saturated rings. The summed E-state index contributed by atoms with van der Waals surface area (Å²) in [4.78, 5) is 26.1. The van der Waals surface area contributed by atoms with Gasteiger partial charge in [-0.05, 0) is 23.6 Å². The normalized spacial score (nSPS) is 10.4. The van der Waals surface area contributed by atoms with E-state index in [1.54, 1.807) is 36.3 Å². The van der Waals surface area contributed by atoms with Crippen LogP contribution in [0.1, 0.15) is 15.2 Å². The maximum Gasteiger partial charge on any atom is 0.252 e. The van der Waals surface area contributed by atoms with Crippen molar-refractivity contribution >= 4 is 34.9 Å². The average Bonchev–Trinajstić information content (AvgIpc) is 3.12. The molecule has 24 heavy (non-hydrogen) atoms. The van der Waals surface area contributed by atoms with Crippen molar-refractivity contribution in [3.05, 3.63) is 52.2 Å². The van der Waals surface area contributed by atoms with Crippen LogP contribution < -0.4 is 10.6 Å². The second kappa shape index (κ2) is 10.1. The third-order valence-corrected chi connectivity index (χ3v) is 5.30. The van der Waals surface area contributed by atoms with Crippen molar-refractivity contribution in [2.24, 2.45) is 0 Å². The van der Waals surface area contributed by atoms with Gasteiger partial charge in [0.1, 0.15) is 0 Å². The number of amides is 2. The number of carbonyl (C=O) groups excluding carboxylic acids is 2. The standard InChI is InChI=1S/C17H20N2O3S2/c1-22-9-8-18-16(20)11-19-17(21)14-6-2-3-7-15(14)24-12-13-5-4-10-23-13/h2-7,10H,8-9,11-12H2,1H3,(H,18,20)(H,19,21). The molecule has 0 aliphatic rings. The van der Waals surface area contributed by atoms with Crippen LogP contribution in [0.3, 0.4) is 0 Å². The summed E-state index contributed by atoms with van der Waals surface area (Å²) in [5.41, 5.74) is 0.587. The second-order valence-corrected chi connectivity index (χ2v) is 6.94. The molecule has 2 N–H and O–H groups in total. The number of methoxy groups -OCH3 is 1. The van der Waals surface area contributed by atoms with Crippen molar-refractivity contribution in [3.8, 4) is 0 Å². The first kappa shape index (κ1) is 18.5. The highest BCUT2D eigenvalue weighted by molar-refractivity contribution is 7.98. The minimum atomic E-state index is -0.244. The summed E-state index contributed by atoms with van der Waals surface area (Å²) in [5, 5.41) is 7.36. The number of carbonyl (C=O) groups is 2. The van der Waals surface area contributed by atoms with Crippen molar-refractivity contribution in [2.75, 3.05) is 26.8 Å². The fraction of sp³-hybridized carbons (Fsp3) is 0.294. The van der Waals surface area contributed by atoms with E-state index in [-0.39, 0.29) is 18.4 Å². The van der Waals surface area contributed by atoms with Crippen LogP contribution in [0.15, 0.2) is 46.7 Å². The van der Waals surface area contributed by atoms with Gasteiger partial charge in [0.15, 0.2) is 0 Å². The SMILES string of the molecule is COCCNC(=O)CNC(=O)c1ccccc1SCc1cccs1. The molecule has 2 rings (SSSR count). The Balaban J connectivity index is 1.88. The molecular formula is C17H20N2O3S2. The predicted molar refractivity (Wildman–Crippen MR) is 97.5 cm³/mol. The summed E-state index contributed by atoms with van der Waals surface area (Å²) in [6, 6.07) is 11.5. The monoisotopic (exact) mass is 364 g/mol. The minimum Gasteiger partial charge on any atom is -0.383 e. The highest BCUT2D eigenvalue weighted by atomic mass is 32.2. The molecule has 0 saturated heterocycles. The van der Waals surface area contributed by atoms with Crippen molar-refractivity contribution in [1.82, 2.24) is 10.6 Å². The number of thioether (sulfide) groups is 1. The molecule has 0 radical (unpaired) electrons. The van der Waals surface area contributed by atoms with Gasteiger partial charge in [-0.25, -0.2) is 0 Å². The Hall–Kier alpha value is -1.83. The molecule has 7 heteroatoms. The predicted octanol–water partition coefficient (Wildman–Crippen LogP) is 2.53. The van der Waals surface area contributed by atoms with Gasteiger partial charge >= 0.3 is 0 Å². The summed E-state index contributed by atoms with van der Waals surface area (Å²) >= 11 is 3.31. The van der Waals surface area contributed by atoms with E-state index in [9.17, 15) is 9.59 Å². The molecule has 5 nitrogen and oxygen atoms in total. The molecule has 1 aromatic heterocycles. The molecule has 0 aliphatic heterocycles. The summed E-state index contributed by atoms with van der Waals surface area (Å²) in [5.74, 6) is 0.342. The van der Waals surface area contributed by atoms with Gasteiger partial charge in [0.25, 0.3) is 5.91 Å². The summed E-state index contributed by atoms with van der Waals surface area (Å²) in [6.07, 6.45) is 0. The van der Waals surface area contributed by atoms with Crippen LogP contribution in [0, 0.1) is 0 Å². The van der Waals surface area contributed by atoms with Crippen LogP contribution in [0.4, 0.5) is 0 Å². The lowest BCUT2D eigenvalue weighted by Crippen LogP contribution is -2.38. The van der Waals surface area contributed by atoms with Crippen LogP contribution in [0.2, 0.25) is 0 Å². The maximum absolute atomic E-state index is 12.3. The molecule has 0 atom stereocenters. The van der Waals surface area contributed by atoms with Crippen molar-refractivity contribution in [2.45, 2.75) is 10.6 Å². The Morgan fingerprint density at radius 2 is 2.00 bits per heavy atom. The third-order valence-electron chi connectivity index (χ3n) is 3.12. The van der Waals surface area contributed by atoms with E-state index < -0.39 is 0 Å². The van der Waals surface area contributed by atoms with Crippen LogP contribution in [-0.2, 0) is 15.3 Å². The molecular weight excluding hydrogens is 344 g/mol. The van der Waals surface area contributed by atoms with Crippen molar-refractivity contribution in [1.29, 1.82) is 0 Å². The Morgan fingerprint density at radius 1 is 1.17 bits per heavy atom. The Labute approximate surface area is 149 Å². The lowest BCUT2D eigenvalue weighted by atomic mass is 10.2. The Bertz CT molecular complexity index is 660. The van der Waals surface area contributed by atoms with E-state index >= 15 is 0 Å². The first-order chi connectivity index (χ1) is 11.7. The molecule has 128 valence electrons. The topological polar surface area (TPSA) is 67.4 Å².